The molecule has 0 saturated carbocycles. The first-order valence-electron chi connectivity index (χ1n) is 6.90. The van der Waals surface area contributed by atoms with Crippen molar-refractivity contribution >= 4 is 23.2 Å². The van der Waals surface area contributed by atoms with E-state index in [1.807, 2.05) is 43.3 Å². The summed E-state index contributed by atoms with van der Waals surface area (Å²) in [7, 11) is 1.62. The van der Waals surface area contributed by atoms with Crippen molar-refractivity contribution in [3.63, 3.8) is 0 Å². The van der Waals surface area contributed by atoms with E-state index in [-0.39, 0.29) is 6.04 Å². The maximum Gasteiger partial charge on any atom is 0.137 e. The quantitative estimate of drug-likeness (QED) is 0.835. The molecule has 1 N–H and O–H groups in total. The Morgan fingerprint density at radius 2 is 1.95 bits per heavy atom. The highest BCUT2D eigenvalue weighted by molar-refractivity contribution is 6.32. The van der Waals surface area contributed by atoms with E-state index in [4.69, 9.17) is 27.9 Å². The summed E-state index contributed by atoms with van der Waals surface area (Å²) in [6.07, 6.45) is 0. The maximum absolute atomic E-state index is 6.48. The van der Waals surface area contributed by atoms with E-state index in [2.05, 4.69) is 12.2 Å². The molecular formula is C17H19Cl2NO. The lowest BCUT2D eigenvalue weighted by molar-refractivity contribution is 0.414. The van der Waals surface area contributed by atoms with Gasteiger partial charge >= 0.3 is 0 Å². The van der Waals surface area contributed by atoms with Crippen molar-refractivity contribution in [3.8, 4) is 5.75 Å². The first kappa shape index (κ1) is 16.2. The van der Waals surface area contributed by atoms with E-state index in [1.54, 1.807) is 7.11 Å². The van der Waals surface area contributed by atoms with Crippen LogP contribution in [0, 0.1) is 6.92 Å². The second kappa shape index (κ2) is 7.17. The lowest BCUT2D eigenvalue weighted by Crippen LogP contribution is -2.22. The Balaban J connectivity index is 2.50. The van der Waals surface area contributed by atoms with Gasteiger partial charge in [-0.3, -0.25) is 0 Å². The minimum Gasteiger partial charge on any atom is -0.495 e. The Morgan fingerprint density at radius 3 is 2.62 bits per heavy atom. The Kier molecular flexibility index (Phi) is 5.51. The average Bonchev–Trinajstić information content (AvgIpc) is 2.49. The molecule has 0 amide bonds. The summed E-state index contributed by atoms with van der Waals surface area (Å²) in [5, 5.41) is 4.86. The summed E-state index contributed by atoms with van der Waals surface area (Å²) in [6.45, 7) is 4.92. The first-order valence-corrected chi connectivity index (χ1v) is 7.66. The molecule has 0 aliphatic carbocycles. The normalized spacial score (nSPS) is 12.2. The van der Waals surface area contributed by atoms with Crippen LogP contribution in [0.25, 0.3) is 0 Å². The van der Waals surface area contributed by atoms with E-state index in [9.17, 15) is 0 Å². The second-order valence-corrected chi connectivity index (χ2v) is 5.65. The van der Waals surface area contributed by atoms with Gasteiger partial charge < -0.3 is 10.1 Å². The number of rotatable bonds is 5. The van der Waals surface area contributed by atoms with Gasteiger partial charge in [0, 0.05) is 5.02 Å². The molecule has 0 spiro atoms. The van der Waals surface area contributed by atoms with Gasteiger partial charge in [-0.05, 0) is 42.3 Å². The molecule has 2 aromatic rings. The van der Waals surface area contributed by atoms with Crippen molar-refractivity contribution in [1.29, 1.82) is 0 Å². The van der Waals surface area contributed by atoms with Crippen molar-refractivity contribution in [2.24, 2.45) is 0 Å². The molecule has 2 rings (SSSR count). The van der Waals surface area contributed by atoms with Gasteiger partial charge in [0.05, 0.1) is 18.2 Å². The zero-order valence-corrected chi connectivity index (χ0v) is 13.9. The molecular weight excluding hydrogens is 305 g/mol. The fourth-order valence-electron chi connectivity index (χ4n) is 2.36. The summed E-state index contributed by atoms with van der Waals surface area (Å²) in [5.41, 5.74) is 3.20. The second-order valence-electron chi connectivity index (χ2n) is 4.86. The van der Waals surface area contributed by atoms with Gasteiger partial charge in [-0.2, -0.15) is 0 Å². The Morgan fingerprint density at radius 1 is 1.19 bits per heavy atom. The van der Waals surface area contributed by atoms with E-state index < -0.39 is 0 Å². The maximum atomic E-state index is 6.48. The van der Waals surface area contributed by atoms with Crippen LogP contribution < -0.4 is 10.1 Å². The molecule has 2 nitrogen and oxygen atoms in total. The van der Waals surface area contributed by atoms with E-state index in [1.165, 1.54) is 0 Å². The third-order valence-corrected chi connectivity index (χ3v) is 4.28. The van der Waals surface area contributed by atoms with Gasteiger partial charge in [-0.15, -0.1) is 0 Å². The van der Waals surface area contributed by atoms with Gasteiger partial charge in [0.15, 0.2) is 0 Å². The summed E-state index contributed by atoms with van der Waals surface area (Å²) in [4.78, 5) is 0. The Hall–Kier alpha value is -1.22. The molecule has 0 radical (unpaired) electrons. The highest BCUT2D eigenvalue weighted by atomic mass is 35.5. The monoisotopic (exact) mass is 323 g/mol. The van der Waals surface area contributed by atoms with Crippen molar-refractivity contribution in [2.45, 2.75) is 19.9 Å². The lowest BCUT2D eigenvalue weighted by atomic mass is 9.97. The Bertz CT molecular complexity index is 628. The zero-order chi connectivity index (χ0) is 15.4. The minimum atomic E-state index is 0.00793. The first-order chi connectivity index (χ1) is 10.1. The highest BCUT2D eigenvalue weighted by Crippen LogP contribution is 2.34. The van der Waals surface area contributed by atoms with Gasteiger partial charge in [0.1, 0.15) is 5.75 Å². The number of aryl methyl sites for hydroxylation is 1. The van der Waals surface area contributed by atoms with Crippen LogP contribution in [0.5, 0.6) is 5.75 Å². The number of halogens is 2. The van der Waals surface area contributed by atoms with Gasteiger partial charge in [-0.25, -0.2) is 0 Å². The zero-order valence-electron chi connectivity index (χ0n) is 12.4. The van der Waals surface area contributed by atoms with Crippen LogP contribution in [0.1, 0.15) is 29.7 Å². The van der Waals surface area contributed by atoms with Gasteiger partial charge in [-0.1, -0.05) is 54.4 Å². The molecule has 0 fully saturated rings. The highest BCUT2D eigenvalue weighted by Gasteiger charge is 2.18. The minimum absolute atomic E-state index is 0.00793. The lowest BCUT2D eigenvalue weighted by Gasteiger charge is -2.21. The summed E-state index contributed by atoms with van der Waals surface area (Å²) >= 11 is 12.6. The molecule has 1 unspecified atom stereocenters. The molecule has 0 aromatic heterocycles. The van der Waals surface area contributed by atoms with Crippen molar-refractivity contribution in [1.82, 2.24) is 5.32 Å². The van der Waals surface area contributed by atoms with Crippen LogP contribution >= 0.6 is 23.2 Å². The van der Waals surface area contributed by atoms with Crippen LogP contribution in [0.4, 0.5) is 0 Å². The van der Waals surface area contributed by atoms with Gasteiger partial charge in [0.2, 0.25) is 0 Å². The largest absolute Gasteiger partial charge is 0.495 e. The number of hydrogen-bond donors (Lipinski definition) is 1. The van der Waals surface area contributed by atoms with Crippen molar-refractivity contribution in [2.75, 3.05) is 13.7 Å². The van der Waals surface area contributed by atoms with E-state index in [0.717, 1.165) is 28.3 Å². The number of hydrogen-bond acceptors (Lipinski definition) is 2. The summed E-state index contributed by atoms with van der Waals surface area (Å²) in [6, 6.07) is 11.9. The number of ether oxygens (including phenoxy) is 1. The van der Waals surface area contributed by atoms with Crippen LogP contribution in [-0.2, 0) is 0 Å². The molecule has 0 heterocycles. The van der Waals surface area contributed by atoms with Crippen LogP contribution in [0.2, 0.25) is 10.0 Å². The van der Waals surface area contributed by atoms with Crippen LogP contribution in [0.15, 0.2) is 36.4 Å². The average molecular weight is 324 g/mol. The van der Waals surface area contributed by atoms with Gasteiger partial charge in [0.25, 0.3) is 0 Å². The van der Waals surface area contributed by atoms with Crippen LogP contribution in [0.3, 0.4) is 0 Å². The molecule has 0 saturated heterocycles. The molecule has 1 atom stereocenters. The molecule has 0 aliphatic rings. The third kappa shape index (κ3) is 3.52. The summed E-state index contributed by atoms with van der Waals surface area (Å²) < 4.78 is 5.31. The summed E-state index contributed by atoms with van der Waals surface area (Å²) in [5.74, 6) is 0.667. The molecule has 4 heteroatoms. The SMILES string of the molecule is CCNC(c1ccc(Cl)c(OC)c1)c1cccc(C)c1Cl. The molecule has 112 valence electrons. The molecule has 0 aliphatic heterocycles. The number of nitrogens with one attached hydrogen (secondary N) is 1. The Labute approximate surface area is 136 Å². The number of methoxy groups -OCH3 is 1. The standard InChI is InChI=1S/C17H19Cl2NO/c1-4-20-17(13-7-5-6-11(2)16(13)19)12-8-9-14(18)15(10-12)21-3/h5-10,17,20H,4H2,1-3H3. The van der Waals surface area contributed by atoms with Crippen LogP contribution in [-0.4, -0.2) is 13.7 Å². The van der Waals surface area contributed by atoms with Crippen molar-refractivity contribution < 1.29 is 4.74 Å². The molecule has 21 heavy (non-hydrogen) atoms. The fraction of sp³-hybridized carbons (Fsp3) is 0.294. The molecule has 0 bridgehead atoms. The topological polar surface area (TPSA) is 21.3 Å². The third-order valence-electron chi connectivity index (χ3n) is 3.45. The van der Waals surface area contributed by atoms with E-state index >= 15 is 0 Å². The fourth-order valence-corrected chi connectivity index (χ4v) is 2.79. The predicted octanol–water partition coefficient (Wildman–Crippen LogP) is 5.01. The smallest absolute Gasteiger partial charge is 0.137 e. The van der Waals surface area contributed by atoms with E-state index in [0.29, 0.717) is 10.8 Å². The van der Waals surface area contributed by atoms with Crippen molar-refractivity contribution in [3.05, 3.63) is 63.1 Å². The number of benzene rings is 2. The molecule has 2 aromatic carbocycles. The predicted molar refractivity (Wildman–Crippen MR) is 89.7 cm³/mol.